The monoisotopic (exact) mass is 207 g/mol. The van der Waals surface area contributed by atoms with E-state index in [1.807, 2.05) is 0.164 Å². The van der Waals surface area contributed by atoms with Gasteiger partial charge in [-0.15, -0.1) is 0 Å². The fraction of sp³-hybridized carbons (Fsp3) is 0.333. The molecule has 0 aliphatic rings. The quantitative estimate of drug-likeness (QED) is 0.507. The van der Waals surface area contributed by atoms with Crippen LogP contribution >= 0.6 is 0 Å². The van der Waals surface area contributed by atoms with Crippen LogP contribution in [0.4, 0.5) is 0 Å². The molecule has 0 spiro atoms. The second-order valence-corrected chi connectivity index (χ2v) is 1.44. The van der Waals surface area contributed by atoms with Gasteiger partial charge in [-0.1, -0.05) is 0 Å². The van der Waals surface area contributed by atoms with Crippen LogP contribution in [0.1, 0.15) is 6.92 Å². The molecule has 5 heteroatoms. The summed E-state index contributed by atoms with van der Waals surface area (Å²) in [5.74, 6) is -0.833. The third-order valence-electron chi connectivity index (χ3n) is 0. The molecule has 8 heavy (non-hydrogen) atoms. The van der Waals surface area contributed by atoms with Gasteiger partial charge in [0.05, 0.1) is 0 Å². The van der Waals surface area contributed by atoms with Crippen molar-refractivity contribution in [2.24, 2.45) is 0 Å². The van der Waals surface area contributed by atoms with Crippen LogP contribution in [0.5, 0.6) is 0 Å². The molecule has 0 saturated carbocycles. The number of nitriles is 1. The molecule has 0 amide bonds. The summed E-state index contributed by atoms with van der Waals surface area (Å²) in [7, 11) is 0. The van der Waals surface area contributed by atoms with Crippen LogP contribution in [-0.2, 0) is 4.79 Å². The van der Waals surface area contributed by atoms with Crippen molar-refractivity contribution in [2.45, 2.75) is 6.92 Å². The molecule has 0 aromatic rings. The van der Waals surface area contributed by atoms with Gasteiger partial charge < -0.3 is 5.11 Å². The molecule has 0 fully saturated rings. The first-order valence-electron chi connectivity index (χ1n) is 1.65. The third-order valence-corrected chi connectivity index (χ3v) is 0. The van der Waals surface area contributed by atoms with Crippen molar-refractivity contribution in [3.05, 3.63) is 0 Å². The Morgan fingerprint density at radius 3 is 1.88 bits per heavy atom. The van der Waals surface area contributed by atoms with E-state index in [4.69, 9.17) is 15.2 Å². The van der Waals surface area contributed by atoms with Crippen LogP contribution < -0.4 is 0 Å². The molecule has 0 aliphatic heterocycles. The van der Waals surface area contributed by atoms with Gasteiger partial charge in [0.1, 0.15) is 0 Å². The molecule has 0 atom stereocenters. The number of rotatable bonds is 0. The zero-order valence-electron chi connectivity index (χ0n) is 4.80. The first-order chi connectivity index (χ1) is 3.15. The average Bonchev–Trinajstić information content (AvgIpc) is 1.33. The molecule has 0 heterocycles. The van der Waals surface area contributed by atoms with Gasteiger partial charge in [-0.3, -0.25) is 4.79 Å². The van der Waals surface area contributed by atoms with Crippen molar-refractivity contribution in [3.63, 3.8) is 0 Å². The first kappa shape index (κ1) is 16.1. The van der Waals surface area contributed by atoms with Gasteiger partial charge in [0.25, 0.3) is 5.97 Å². The molecule has 3 nitrogen and oxygen atoms in total. The van der Waals surface area contributed by atoms with Crippen molar-refractivity contribution in [1.29, 1.82) is 5.26 Å². The maximum atomic E-state index is 9.00. The molecule has 1 N–H and O–H groups in total. The minimum absolute atomic E-state index is 0. The van der Waals surface area contributed by atoms with Crippen LogP contribution in [0.3, 0.4) is 0 Å². The second-order valence-electron chi connectivity index (χ2n) is 0.743. The van der Waals surface area contributed by atoms with E-state index >= 15 is 0 Å². The Morgan fingerprint density at radius 2 is 1.88 bits per heavy atom. The molecular weight excluding hydrogens is 200 g/mol. The van der Waals surface area contributed by atoms with E-state index in [-0.39, 0.29) is 17.1 Å². The van der Waals surface area contributed by atoms with Crippen molar-refractivity contribution >= 4 is 72.0 Å². The average molecular weight is 206 g/mol. The number of nitrogens with zero attached hydrogens (tertiary/aromatic N) is 1. The van der Waals surface area contributed by atoms with Gasteiger partial charge in [0.15, 0.2) is 0 Å². The Morgan fingerprint density at radius 1 is 1.88 bits per heavy atom. The number of hydrogen-bond donors (Lipinski definition) is 1. The van der Waals surface area contributed by atoms with Gasteiger partial charge >= 0.3 is 71.4 Å². The molecule has 0 saturated heterocycles. The molecule has 42 valence electrons. The normalized spacial score (nSPS) is 4.25. The van der Waals surface area contributed by atoms with Gasteiger partial charge in [-0.05, 0) is 0 Å². The summed E-state index contributed by atoms with van der Waals surface area (Å²) < 4.78 is 1.94. The fourth-order valence-electron chi connectivity index (χ4n) is 0. The summed E-state index contributed by atoms with van der Waals surface area (Å²) in [6.07, 6.45) is 0. The van der Waals surface area contributed by atoms with E-state index < -0.39 is 5.97 Å². The van der Waals surface area contributed by atoms with Crippen LogP contribution in [0.2, 0.25) is 0 Å². The Hall–Kier alpha value is 1.12. The van der Waals surface area contributed by atoms with Crippen LogP contribution in [0, 0.1) is 5.43 Å². The van der Waals surface area contributed by atoms with Gasteiger partial charge in [-0.25, -0.2) is 0 Å². The SMILES string of the molecule is CC(=O)O.N#[C][K].[SeH2]. The first-order valence-corrected chi connectivity index (χ1v) is 3.21. The molecule has 0 bridgehead atoms. The zero-order chi connectivity index (χ0) is 6.28. The summed E-state index contributed by atoms with van der Waals surface area (Å²) >= 11 is 0.410. The second kappa shape index (κ2) is 15.7. The summed E-state index contributed by atoms with van der Waals surface area (Å²) in [6.45, 7) is 1.08. The molecule has 0 aromatic heterocycles. The van der Waals surface area contributed by atoms with Crippen molar-refractivity contribution in [1.82, 2.24) is 0 Å². The number of carboxylic acid groups (broad SMARTS) is 1. The van der Waals surface area contributed by atoms with Gasteiger partial charge in [0, 0.05) is 6.92 Å². The molecular formula is C3H6KNO2Se. The standard InChI is InChI=1S/C2H4O2.CN.K.H2Se/c1-2(3)4;1-2;;/h1H3,(H,3,4);;;1H2. The predicted octanol–water partition coefficient (Wildman–Crippen LogP) is -1.19. The molecule has 0 rings (SSSR count). The minimum atomic E-state index is -0.833. The number of aliphatic carboxylic acids is 1. The summed E-state index contributed by atoms with van der Waals surface area (Å²) in [4.78, 5) is 9.00. The molecule has 0 unspecified atom stereocenters. The fourth-order valence-corrected chi connectivity index (χ4v) is 0. The summed E-state index contributed by atoms with van der Waals surface area (Å²) in [5.41, 5.74) is 0. The number of carbonyl (C=O) groups is 1. The van der Waals surface area contributed by atoms with Gasteiger partial charge in [0.2, 0.25) is 0 Å². The maximum absolute atomic E-state index is 9.00. The number of hydrogen-bond acceptors (Lipinski definition) is 2. The Labute approximate surface area is 92.5 Å². The predicted molar refractivity (Wildman–Crippen MR) is 33.2 cm³/mol. The van der Waals surface area contributed by atoms with E-state index in [9.17, 15) is 0 Å². The zero-order valence-corrected chi connectivity index (χ0v) is 10.0. The Kier molecular flexibility index (Phi) is 31.5. The summed E-state index contributed by atoms with van der Waals surface area (Å²) in [6, 6.07) is 0. The third kappa shape index (κ3) is 214. The Bertz CT molecular complexity index is 85.8. The van der Waals surface area contributed by atoms with E-state index in [1.165, 1.54) is 0 Å². The van der Waals surface area contributed by atoms with Crippen LogP contribution in [0.15, 0.2) is 0 Å². The van der Waals surface area contributed by atoms with E-state index in [2.05, 4.69) is 0 Å². The Balaban J connectivity index is -0.0000000575. The number of carboxylic acids is 1. The summed E-state index contributed by atoms with van der Waals surface area (Å²) in [5, 5.41) is 14.8. The van der Waals surface area contributed by atoms with Crippen molar-refractivity contribution in [2.75, 3.05) is 0 Å². The van der Waals surface area contributed by atoms with E-state index in [0.29, 0.717) is 49.0 Å². The molecule has 0 radical (unpaired) electrons. The molecule has 0 aliphatic carbocycles. The molecule has 0 aromatic carbocycles. The van der Waals surface area contributed by atoms with E-state index in [1.54, 1.807) is 0 Å². The topological polar surface area (TPSA) is 61.1 Å². The van der Waals surface area contributed by atoms with Crippen LogP contribution in [-0.4, -0.2) is 77.1 Å². The van der Waals surface area contributed by atoms with Crippen molar-refractivity contribution in [3.8, 4) is 0.164 Å². The van der Waals surface area contributed by atoms with Gasteiger partial charge in [-0.2, -0.15) is 0 Å². The van der Waals surface area contributed by atoms with E-state index in [0.717, 1.165) is 6.92 Å². The van der Waals surface area contributed by atoms with Crippen LogP contribution in [0.25, 0.3) is 0 Å². The van der Waals surface area contributed by atoms with Crippen molar-refractivity contribution < 1.29 is 9.90 Å².